The number of methoxy groups -OCH3 is 2. The quantitative estimate of drug-likeness (QED) is 0.268. The van der Waals surface area contributed by atoms with Crippen LogP contribution in [0.15, 0.2) is 97.1 Å². The van der Waals surface area contributed by atoms with E-state index in [9.17, 15) is 5.11 Å². The van der Waals surface area contributed by atoms with Crippen LogP contribution in [0, 0.1) is 0 Å². The Morgan fingerprint density at radius 2 is 0.919 bits per heavy atom. The number of pyridine rings is 3. The Kier molecular flexibility index (Phi) is 5.62. The third-order valence-electron chi connectivity index (χ3n) is 6.43. The van der Waals surface area contributed by atoms with Crippen LogP contribution >= 0.6 is 0 Å². The molecule has 0 spiro atoms. The van der Waals surface area contributed by atoms with Crippen LogP contribution < -0.4 is 9.47 Å². The zero-order valence-electron chi connectivity index (χ0n) is 20.3. The Bertz CT molecular complexity index is 1620. The van der Waals surface area contributed by atoms with Crippen molar-refractivity contribution in [2.75, 3.05) is 14.2 Å². The van der Waals surface area contributed by atoms with Crippen molar-refractivity contribution < 1.29 is 14.6 Å². The van der Waals surface area contributed by atoms with Crippen molar-refractivity contribution in [3.05, 3.63) is 97.1 Å². The van der Waals surface area contributed by atoms with Gasteiger partial charge in [0.1, 0.15) is 17.2 Å². The molecule has 0 aliphatic heterocycles. The third kappa shape index (κ3) is 4.19. The summed E-state index contributed by atoms with van der Waals surface area (Å²) in [5, 5.41) is 11.7. The standard InChI is InChI=1S/C31H23N3O3/c1-36-23-11-5-19(6-12-23)27-17-15-25-29(21-3-9-22(35)10-4-21)26-16-18-28(33-31(26)34-30(25)32-27)20-7-13-24(37-2)14-8-20/h3-18,35H,1-2H3. The van der Waals surface area contributed by atoms with E-state index in [-0.39, 0.29) is 5.75 Å². The highest BCUT2D eigenvalue weighted by Crippen LogP contribution is 2.36. The molecule has 3 aromatic carbocycles. The molecule has 0 atom stereocenters. The van der Waals surface area contributed by atoms with Crippen LogP contribution in [-0.2, 0) is 0 Å². The van der Waals surface area contributed by atoms with Gasteiger partial charge < -0.3 is 14.6 Å². The van der Waals surface area contributed by atoms with Gasteiger partial charge in [0.05, 0.1) is 25.6 Å². The Morgan fingerprint density at radius 1 is 0.486 bits per heavy atom. The monoisotopic (exact) mass is 485 g/mol. The van der Waals surface area contributed by atoms with Gasteiger partial charge in [0, 0.05) is 27.5 Å². The van der Waals surface area contributed by atoms with Crippen molar-refractivity contribution >= 4 is 22.1 Å². The van der Waals surface area contributed by atoms with E-state index >= 15 is 0 Å². The molecular formula is C31H23N3O3. The number of hydrogen-bond donors (Lipinski definition) is 1. The lowest BCUT2D eigenvalue weighted by molar-refractivity contribution is 0.415. The van der Waals surface area contributed by atoms with Crippen molar-refractivity contribution in [1.82, 2.24) is 15.0 Å². The number of benzene rings is 3. The largest absolute Gasteiger partial charge is 0.508 e. The molecule has 0 aliphatic rings. The number of phenols is 1. The predicted octanol–water partition coefficient (Wildman–Crippen LogP) is 6.90. The minimum Gasteiger partial charge on any atom is -0.508 e. The summed E-state index contributed by atoms with van der Waals surface area (Å²) in [7, 11) is 3.30. The Balaban J connectivity index is 1.57. The summed E-state index contributed by atoms with van der Waals surface area (Å²) in [6, 6.07) is 30.9. The molecule has 1 N–H and O–H groups in total. The first kappa shape index (κ1) is 22.5. The number of rotatable bonds is 5. The van der Waals surface area contributed by atoms with Crippen LogP contribution in [-0.4, -0.2) is 34.3 Å². The van der Waals surface area contributed by atoms with Crippen molar-refractivity contribution in [1.29, 1.82) is 0 Å². The van der Waals surface area contributed by atoms with Crippen LogP contribution in [0.3, 0.4) is 0 Å². The molecular weight excluding hydrogens is 462 g/mol. The summed E-state index contributed by atoms with van der Waals surface area (Å²) >= 11 is 0. The molecule has 0 bridgehead atoms. The summed E-state index contributed by atoms with van der Waals surface area (Å²) in [5.41, 5.74) is 6.68. The summed E-state index contributed by atoms with van der Waals surface area (Å²) in [5.74, 6) is 1.79. The van der Waals surface area contributed by atoms with E-state index in [4.69, 9.17) is 24.4 Å². The summed E-state index contributed by atoms with van der Waals surface area (Å²) in [6.45, 7) is 0. The molecule has 0 unspecified atom stereocenters. The summed E-state index contributed by atoms with van der Waals surface area (Å²) < 4.78 is 10.6. The number of hydrogen-bond acceptors (Lipinski definition) is 6. The van der Waals surface area contributed by atoms with Gasteiger partial charge in [0.15, 0.2) is 11.3 Å². The van der Waals surface area contributed by atoms with E-state index in [0.29, 0.717) is 11.3 Å². The second-order valence-corrected chi connectivity index (χ2v) is 8.63. The van der Waals surface area contributed by atoms with E-state index in [0.717, 1.165) is 55.9 Å². The maximum atomic E-state index is 9.87. The van der Waals surface area contributed by atoms with E-state index in [1.54, 1.807) is 26.4 Å². The Hall–Kier alpha value is -4.97. The highest BCUT2D eigenvalue weighted by Gasteiger charge is 2.15. The van der Waals surface area contributed by atoms with E-state index in [1.165, 1.54) is 0 Å². The molecule has 0 amide bonds. The highest BCUT2D eigenvalue weighted by molar-refractivity contribution is 6.08. The summed E-state index contributed by atoms with van der Waals surface area (Å²) in [6.07, 6.45) is 0. The first-order valence-electron chi connectivity index (χ1n) is 11.8. The van der Waals surface area contributed by atoms with Gasteiger partial charge in [-0.25, -0.2) is 15.0 Å². The average Bonchev–Trinajstić information content (AvgIpc) is 2.96. The fraction of sp³-hybridized carbons (Fsp3) is 0.0645. The van der Waals surface area contributed by atoms with E-state index in [2.05, 4.69) is 0 Å². The van der Waals surface area contributed by atoms with Crippen LogP contribution in [0.1, 0.15) is 0 Å². The van der Waals surface area contributed by atoms with Gasteiger partial charge >= 0.3 is 0 Å². The number of fused-ring (bicyclic) bond motifs is 2. The fourth-order valence-electron chi connectivity index (χ4n) is 4.49. The van der Waals surface area contributed by atoms with Gasteiger partial charge in [-0.05, 0) is 90.5 Å². The topological polar surface area (TPSA) is 77.4 Å². The Morgan fingerprint density at radius 3 is 1.35 bits per heavy atom. The average molecular weight is 486 g/mol. The predicted molar refractivity (Wildman–Crippen MR) is 146 cm³/mol. The van der Waals surface area contributed by atoms with Crippen LogP contribution in [0.2, 0.25) is 0 Å². The number of nitrogens with zero attached hydrogens (tertiary/aromatic N) is 3. The number of aromatic hydroxyl groups is 1. The van der Waals surface area contributed by atoms with Gasteiger partial charge in [-0.2, -0.15) is 0 Å². The van der Waals surface area contributed by atoms with Crippen LogP contribution in [0.5, 0.6) is 17.2 Å². The molecule has 0 aliphatic carbocycles. The van der Waals surface area contributed by atoms with Crippen LogP contribution in [0.25, 0.3) is 55.7 Å². The van der Waals surface area contributed by atoms with Gasteiger partial charge in [0.2, 0.25) is 0 Å². The SMILES string of the molecule is COc1ccc(-c2ccc3c(-c4ccc(O)cc4)c4ccc(-c5ccc(OC)cc5)nc4nc3n2)cc1. The normalized spacial score (nSPS) is 11.1. The molecule has 6 rings (SSSR count). The van der Waals surface area contributed by atoms with Gasteiger partial charge in [-0.3, -0.25) is 0 Å². The number of phenolic OH excluding ortho intramolecular Hbond substituents is 1. The second-order valence-electron chi connectivity index (χ2n) is 8.63. The van der Waals surface area contributed by atoms with Gasteiger partial charge in [0.25, 0.3) is 0 Å². The highest BCUT2D eigenvalue weighted by atomic mass is 16.5. The fourth-order valence-corrected chi connectivity index (χ4v) is 4.49. The van der Waals surface area contributed by atoms with Gasteiger partial charge in [-0.1, -0.05) is 12.1 Å². The van der Waals surface area contributed by atoms with E-state index in [1.807, 2.05) is 84.9 Å². The molecule has 0 saturated heterocycles. The first-order chi connectivity index (χ1) is 18.1. The lowest BCUT2D eigenvalue weighted by atomic mass is 9.97. The molecule has 3 heterocycles. The lowest BCUT2D eigenvalue weighted by Gasteiger charge is -2.13. The Labute approximate surface area is 213 Å². The molecule has 6 heteroatoms. The molecule has 180 valence electrons. The third-order valence-corrected chi connectivity index (χ3v) is 6.43. The number of aromatic nitrogens is 3. The minimum absolute atomic E-state index is 0.214. The zero-order valence-corrected chi connectivity index (χ0v) is 20.3. The second kappa shape index (κ2) is 9.24. The van der Waals surface area contributed by atoms with Crippen molar-refractivity contribution in [2.45, 2.75) is 0 Å². The maximum absolute atomic E-state index is 9.87. The molecule has 37 heavy (non-hydrogen) atoms. The molecule has 0 fully saturated rings. The van der Waals surface area contributed by atoms with Gasteiger partial charge in [-0.15, -0.1) is 0 Å². The van der Waals surface area contributed by atoms with Crippen molar-refractivity contribution in [2.24, 2.45) is 0 Å². The molecule has 6 nitrogen and oxygen atoms in total. The first-order valence-corrected chi connectivity index (χ1v) is 11.8. The molecule has 3 aromatic heterocycles. The number of ether oxygens (including phenoxy) is 2. The lowest BCUT2D eigenvalue weighted by Crippen LogP contribution is -1.96. The van der Waals surface area contributed by atoms with Crippen molar-refractivity contribution in [3.8, 4) is 50.9 Å². The zero-order chi connectivity index (χ0) is 25.4. The van der Waals surface area contributed by atoms with Crippen molar-refractivity contribution in [3.63, 3.8) is 0 Å². The molecule has 6 aromatic rings. The maximum Gasteiger partial charge on any atom is 0.162 e. The molecule has 0 radical (unpaired) electrons. The van der Waals surface area contributed by atoms with E-state index < -0.39 is 0 Å². The van der Waals surface area contributed by atoms with Crippen LogP contribution in [0.4, 0.5) is 0 Å². The summed E-state index contributed by atoms with van der Waals surface area (Å²) in [4.78, 5) is 14.7. The molecule has 0 saturated carbocycles. The minimum atomic E-state index is 0.214. The smallest absolute Gasteiger partial charge is 0.162 e.